The molecule has 1 N–H and O–H groups in total. The zero-order valence-corrected chi connectivity index (χ0v) is 19.8. The van der Waals surface area contributed by atoms with E-state index in [1.165, 1.54) is 15.5 Å². The van der Waals surface area contributed by atoms with Crippen molar-refractivity contribution in [1.82, 2.24) is 14.8 Å². The van der Waals surface area contributed by atoms with E-state index in [2.05, 4.69) is 5.32 Å². The van der Waals surface area contributed by atoms with Gasteiger partial charge in [-0.05, 0) is 11.6 Å². The molecule has 2 amide bonds. The summed E-state index contributed by atoms with van der Waals surface area (Å²) in [5.74, 6) is -5.93. The fourth-order valence-electron chi connectivity index (χ4n) is 4.55. The predicted molar refractivity (Wildman–Crippen MR) is 128 cm³/mol. The van der Waals surface area contributed by atoms with Crippen LogP contribution in [0.25, 0.3) is 0 Å². The molecule has 0 spiro atoms. The first-order chi connectivity index (χ1) is 18.2. The fraction of sp³-hybridized carbons (Fsp3) is 0.222. The molecule has 2 aliphatic rings. The number of benzene rings is 2. The smallest absolute Gasteiger partial charge is 0.274 e. The van der Waals surface area contributed by atoms with E-state index in [0.717, 1.165) is 6.20 Å². The van der Waals surface area contributed by atoms with E-state index in [4.69, 9.17) is 4.74 Å². The van der Waals surface area contributed by atoms with E-state index in [1.807, 2.05) is 0 Å². The Kier molecular flexibility index (Phi) is 6.75. The standard InChI is InChI=1S/C27H21F4N3O4/c28-16-6-7-33-12-18(8-16)34-13-20(26(36)32-11-19-21(30)9-17(29)10-22(19)31)24(35)25(23(34)27(33)37)38-14-15-4-2-1-3-5-15/h1-6,9-10,13,18H,7-8,11-12,14H2,(H,32,36)/t18-/m0/s1. The third-order valence-electron chi connectivity index (χ3n) is 6.47. The number of nitrogens with zero attached hydrogens (tertiary/aromatic N) is 2. The summed E-state index contributed by atoms with van der Waals surface area (Å²) in [6, 6.07) is 9.13. The largest absolute Gasteiger partial charge is 0.483 e. The summed E-state index contributed by atoms with van der Waals surface area (Å²) < 4.78 is 62.8. The van der Waals surface area contributed by atoms with Gasteiger partial charge in [0.2, 0.25) is 5.43 Å². The van der Waals surface area contributed by atoms with Crippen LogP contribution in [0.2, 0.25) is 0 Å². The third-order valence-corrected chi connectivity index (χ3v) is 6.47. The number of ether oxygens (including phenoxy) is 1. The number of amides is 2. The highest BCUT2D eigenvalue weighted by Crippen LogP contribution is 2.33. The molecule has 3 heterocycles. The van der Waals surface area contributed by atoms with E-state index in [0.29, 0.717) is 17.7 Å². The van der Waals surface area contributed by atoms with Crippen LogP contribution >= 0.6 is 0 Å². The van der Waals surface area contributed by atoms with Crippen molar-refractivity contribution in [3.05, 3.63) is 111 Å². The Morgan fingerprint density at radius 1 is 1.05 bits per heavy atom. The van der Waals surface area contributed by atoms with Crippen molar-refractivity contribution in [3.8, 4) is 5.75 Å². The Hall–Kier alpha value is -4.41. The van der Waals surface area contributed by atoms with Gasteiger partial charge in [0.15, 0.2) is 11.4 Å². The van der Waals surface area contributed by atoms with Gasteiger partial charge in [-0.25, -0.2) is 17.6 Å². The van der Waals surface area contributed by atoms with Crippen molar-refractivity contribution in [2.45, 2.75) is 25.6 Å². The van der Waals surface area contributed by atoms with Crippen molar-refractivity contribution in [2.24, 2.45) is 0 Å². The molecule has 5 rings (SSSR count). The van der Waals surface area contributed by atoms with Crippen molar-refractivity contribution < 1.29 is 31.9 Å². The van der Waals surface area contributed by atoms with Crippen molar-refractivity contribution in [3.63, 3.8) is 0 Å². The highest BCUT2D eigenvalue weighted by Gasteiger charge is 2.37. The number of pyridine rings is 1. The van der Waals surface area contributed by atoms with Gasteiger partial charge in [0.05, 0.1) is 11.9 Å². The third kappa shape index (κ3) is 4.79. The molecule has 0 fully saturated rings. The molecular weight excluding hydrogens is 506 g/mol. The summed E-state index contributed by atoms with van der Waals surface area (Å²) in [5.41, 5.74) is -1.39. The van der Waals surface area contributed by atoms with Crippen LogP contribution in [0.1, 0.15) is 44.4 Å². The normalized spacial score (nSPS) is 16.4. The summed E-state index contributed by atoms with van der Waals surface area (Å²) in [6.07, 6.45) is 2.34. The van der Waals surface area contributed by atoms with Gasteiger partial charge in [-0.3, -0.25) is 14.4 Å². The number of carbonyl (C=O) groups is 2. The molecule has 1 aromatic heterocycles. The van der Waals surface area contributed by atoms with Crippen LogP contribution < -0.4 is 15.5 Å². The van der Waals surface area contributed by atoms with Crippen LogP contribution in [-0.4, -0.2) is 34.4 Å². The molecule has 0 radical (unpaired) electrons. The summed E-state index contributed by atoms with van der Waals surface area (Å²) >= 11 is 0. The first kappa shape index (κ1) is 25.2. The number of allylic oxidation sites excluding steroid dienone is 1. The number of halogens is 4. The van der Waals surface area contributed by atoms with Gasteiger partial charge in [-0.2, -0.15) is 0 Å². The average molecular weight is 527 g/mol. The molecule has 0 saturated carbocycles. The van der Waals surface area contributed by atoms with E-state index in [-0.39, 0.29) is 37.6 Å². The summed E-state index contributed by atoms with van der Waals surface area (Å²) in [6.45, 7) is -0.606. The predicted octanol–water partition coefficient (Wildman–Crippen LogP) is 4.03. The Bertz CT molecular complexity index is 1500. The minimum Gasteiger partial charge on any atom is -0.483 e. The molecule has 0 unspecified atom stereocenters. The van der Waals surface area contributed by atoms with Crippen molar-refractivity contribution >= 4 is 11.8 Å². The van der Waals surface area contributed by atoms with E-state index in [9.17, 15) is 31.9 Å². The highest BCUT2D eigenvalue weighted by molar-refractivity contribution is 5.99. The molecule has 3 aromatic rings. The molecule has 11 heteroatoms. The molecule has 0 aliphatic carbocycles. The van der Waals surface area contributed by atoms with E-state index >= 15 is 0 Å². The number of carbonyl (C=O) groups excluding carboxylic acids is 2. The molecule has 0 saturated heterocycles. The van der Waals surface area contributed by atoms with Gasteiger partial charge < -0.3 is 19.5 Å². The minimum atomic E-state index is -1.21. The molecule has 38 heavy (non-hydrogen) atoms. The van der Waals surface area contributed by atoms with E-state index < -0.39 is 64.2 Å². The monoisotopic (exact) mass is 527 g/mol. The number of fused-ring (bicyclic) bond motifs is 4. The topological polar surface area (TPSA) is 80.6 Å². The van der Waals surface area contributed by atoms with Crippen LogP contribution in [-0.2, 0) is 13.2 Å². The van der Waals surface area contributed by atoms with Gasteiger partial charge in [0.1, 0.15) is 29.6 Å². The summed E-state index contributed by atoms with van der Waals surface area (Å²) in [7, 11) is 0. The van der Waals surface area contributed by atoms with Gasteiger partial charge in [-0.15, -0.1) is 0 Å². The first-order valence-electron chi connectivity index (χ1n) is 11.7. The fourth-order valence-corrected chi connectivity index (χ4v) is 4.55. The maximum atomic E-state index is 14.4. The van der Waals surface area contributed by atoms with Gasteiger partial charge in [-0.1, -0.05) is 30.3 Å². The zero-order valence-electron chi connectivity index (χ0n) is 19.8. The average Bonchev–Trinajstić information content (AvgIpc) is 3.06. The minimum absolute atomic E-state index is 0.0184. The summed E-state index contributed by atoms with van der Waals surface area (Å²) in [4.78, 5) is 41.2. The number of rotatable bonds is 6. The molecule has 196 valence electrons. The second-order valence-electron chi connectivity index (χ2n) is 8.98. The lowest BCUT2D eigenvalue weighted by molar-refractivity contribution is 0.0683. The van der Waals surface area contributed by atoms with Crippen LogP contribution in [0.3, 0.4) is 0 Å². The van der Waals surface area contributed by atoms with Gasteiger partial charge in [0, 0.05) is 49.9 Å². The highest BCUT2D eigenvalue weighted by atomic mass is 19.1. The molecule has 2 aromatic carbocycles. The number of hydrogen-bond donors (Lipinski definition) is 1. The zero-order chi connectivity index (χ0) is 27.0. The Morgan fingerprint density at radius 2 is 1.76 bits per heavy atom. The Labute approximate surface area is 213 Å². The molecular formula is C27H21F4N3O4. The lowest BCUT2D eigenvalue weighted by atomic mass is 10.1. The van der Waals surface area contributed by atoms with Crippen molar-refractivity contribution in [1.29, 1.82) is 0 Å². The lowest BCUT2D eigenvalue weighted by Gasteiger charge is -2.35. The van der Waals surface area contributed by atoms with Crippen LogP contribution in [0.4, 0.5) is 17.6 Å². The van der Waals surface area contributed by atoms with Crippen LogP contribution in [0.15, 0.2) is 65.4 Å². The van der Waals surface area contributed by atoms with Crippen molar-refractivity contribution in [2.75, 3.05) is 13.1 Å². The molecule has 2 bridgehead atoms. The number of aromatic nitrogens is 1. The Balaban J connectivity index is 1.54. The summed E-state index contributed by atoms with van der Waals surface area (Å²) in [5, 5.41) is 2.26. The quantitative estimate of drug-likeness (QED) is 0.491. The second-order valence-corrected chi connectivity index (χ2v) is 8.98. The maximum absolute atomic E-state index is 14.4. The Morgan fingerprint density at radius 3 is 2.47 bits per heavy atom. The molecule has 1 atom stereocenters. The first-order valence-corrected chi connectivity index (χ1v) is 11.7. The number of nitrogens with one attached hydrogen (secondary N) is 1. The number of hydrogen-bond acceptors (Lipinski definition) is 4. The van der Waals surface area contributed by atoms with Crippen LogP contribution in [0, 0.1) is 17.5 Å². The molecule has 7 nitrogen and oxygen atoms in total. The molecule has 2 aliphatic heterocycles. The van der Waals surface area contributed by atoms with Crippen LogP contribution in [0.5, 0.6) is 5.75 Å². The maximum Gasteiger partial charge on any atom is 0.274 e. The van der Waals surface area contributed by atoms with Gasteiger partial charge >= 0.3 is 0 Å². The SMILES string of the molecule is O=C(NCc1c(F)cc(F)cc1F)c1cn2c(c(OCc3ccccc3)c1=O)C(=O)N1CC=C(F)C[C@H]2C1. The van der Waals surface area contributed by atoms with E-state index in [1.54, 1.807) is 30.3 Å². The van der Waals surface area contributed by atoms with Gasteiger partial charge in [0.25, 0.3) is 11.8 Å². The lowest BCUT2D eigenvalue weighted by Crippen LogP contribution is -2.45. The second kappa shape index (κ2) is 10.2.